The molecule has 0 bridgehead atoms. The van der Waals surface area contributed by atoms with Crippen molar-refractivity contribution in [2.45, 2.75) is 18.8 Å². The monoisotopic (exact) mass is 238 g/mol. The molecule has 0 fully saturated rings. The highest BCUT2D eigenvalue weighted by atomic mass is 19.1. The van der Waals surface area contributed by atoms with Gasteiger partial charge in [0.15, 0.2) is 6.29 Å². The van der Waals surface area contributed by atoms with Crippen LogP contribution in [0.2, 0.25) is 0 Å². The fourth-order valence-electron chi connectivity index (χ4n) is 1.39. The lowest BCUT2D eigenvalue weighted by atomic mass is 10.2. The zero-order valence-corrected chi connectivity index (χ0v) is 9.81. The van der Waals surface area contributed by atoms with E-state index in [0.717, 1.165) is 0 Å². The first kappa shape index (κ1) is 13.4. The van der Waals surface area contributed by atoms with Crippen LogP contribution < -0.4 is 5.32 Å². The van der Waals surface area contributed by atoms with Crippen LogP contribution in [0.25, 0.3) is 0 Å². The Morgan fingerprint density at radius 1 is 1.35 bits per heavy atom. The van der Waals surface area contributed by atoms with Gasteiger partial charge in [-0.3, -0.25) is 0 Å². The van der Waals surface area contributed by atoms with Crippen LogP contribution in [0.3, 0.4) is 0 Å². The molecule has 0 aliphatic carbocycles. The fraction of sp³-hybridized carbons (Fsp3) is 0.417. The molecule has 92 valence electrons. The molecule has 0 radical (unpaired) electrons. The molecule has 17 heavy (non-hydrogen) atoms. The van der Waals surface area contributed by atoms with E-state index in [2.05, 4.69) is 5.32 Å². The summed E-state index contributed by atoms with van der Waals surface area (Å²) in [6.45, 7) is 0. The average molecular weight is 238 g/mol. The predicted molar refractivity (Wildman–Crippen MR) is 61.8 cm³/mol. The topological polar surface area (TPSA) is 54.3 Å². The van der Waals surface area contributed by atoms with Gasteiger partial charge in [0.2, 0.25) is 0 Å². The Hall–Kier alpha value is -1.64. The third kappa shape index (κ3) is 4.02. The van der Waals surface area contributed by atoms with Crippen molar-refractivity contribution >= 4 is 5.69 Å². The van der Waals surface area contributed by atoms with E-state index < -0.39 is 12.3 Å². The highest BCUT2D eigenvalue weighted by molar-refractivity contribution is 5.46. The molecule has 0 saturated carbocycles. The van der Waals surface area contributed by atoms with Crippen LogP contribution in [-0.2, 0) is 9.47 Å². The molecule has 1 N–H and O–H groups in total. The molecule has 0 saturated heterocycles. The summed E-state index contributed by atoms with van der Waals surface area (Å²) in [5, 5.41) is 11.8. The SMILES string of the molecule is COC(CC(C#N)Nc1ccccc1F)OC. The second-order valence-electron chi connectivity index (χ2n) is 3.44. The molecule has 1 aromatic rings. The van der Waals surface area contributed by atoms with Gasteiger partial charge in [-0.2, -0.15) is 5.26 Å². The Balaban J connectivity index is 2.65. The quantitative estimate of drug-likeness (QED) is 0.771. The van der Waals surface area contributed by atoms with Crippen LogP contribution in [0.15, 0.2) is 24.3 Å². The minimum atomic E-state index is -0.572. The van der Waals surface area contributed by atoms with Crippen LogP contribution in [0.4, 0.5) is 10.1 Å². The molecule has 1 aromatic carbocycles. The second kappa shape index (κ2) is 6.84. The third-order valence-corrected chi connectivity index (χ3v) is 2.31. The molecular formula is C12H15FN2O2. The van der Waals surface area contributed by atoms with Gasteiger partial charge in [-0.1, -0.05) is 12.1 Å². The lowest BCUT2D eigenvalue weighted by molar-refractivity contribution is -0.106. The lowest BCUT2D eigenvalue weighted by Crippen LogP contribution is -2.26. The summed E-state index contributed by atoms with van der Waals surface area (Å²) in [4.78, 5) is 0. The molecule has 5 heteroatoms. The van der Waals surface area contributed by atoms with E-state index in [0.29, 0.717) is 12.1 Å². The molecule has 4 nitrogen and oxygen atoms in total. The number of anilines is 1. The van der Waals surface area contributed by atoms with Crippen LogP contribution in [0.1, 0.15) is 6.42 Å². The van der Waals surface area contributed by atoms with Crippen molar-refractivity contribution in [1.29, 1.82) is 5.26 Å². The summed E-state index contributed by atoms with van der Waals surface area (Å²) >= 11 is 0. The summed E-state index contributed by atoms with van der Waals surface area (Å²) < 4.78 is 23.3. The van der Waals surface area contributed by atoms with E-state index in [9.17, 15) is 4.39 Å². The average Bonchev–Trinajstić information content (AvgIpc) is 2.36. The number of nitriles is 1. The summed E-state index contributed by atoms with van der Waals surface area (Å²) in [5.74, 6) is -0.390. The number of nitrogens with zero attached hydrogens (tertiary/aromatic N) is 1. The fourth-order valence-corrected chi connectivity index (χ4v) is 1.39. The summed E-state index contributed by atoms with van der Waals surface area (Å²) in [7, 11) is 2.98. The van der Waals surface area contributed by atoms with Crippen LogP contribution >= 0.6 is 0 Å². The molecule has 1 atom stereocenters. The maximum Gasteiger partial charge on any atom is 0.159 e. The van der Waals surface area contributed by atoms with Gasteiger partial charge in [0.25, 0.3) is 0 Å². The number of rotatable bonds is 6. The van der Waals surface area contributed by atoms with E-state index in [-0.39, 0.29) is 5.82 Å². The lowest BCUT2D eigenvalue weighted by Gasteiger charge is -2.18. The van der Waals surface area contributed by atoms with Gasteiger partial charge in [-0.05, 0) is 12.1 Å². The van der Waals surface area contributed by atoms with E-state index in [4.69, 9.17) is 14.7 Å². The largest absolute Gasteiger partial charge is 0.367 e. The number of nitrogens with one attached hydrogen (secondary N) is 1. The molecular weight excluding hydrogens is 223 g/mol. The van der Waals surface area contributed by atoms with Crippen molar-refractivity contribution in [3.63, 3.8) is 0 Å². The number of ether oxygens (including phenoxy) is 2. The van der Waals surface area contributed by atoms with Crippen molar-refractivity contribution in [3.05, 3.63) is 30.1 Å². The number of hydrogen-bond donors (Lipinski definition) is 1. The number of halogens is 1. The summed E-state index contributed by atoms with van der Waals surface area (Å²) in [6.07, 6.45) is -0.170. The van der Waals surface area contributed by atoms with Crippen LogP contribution in [-0.4, -0.2) is 26.6 Å². The van der Waals surface area contributed by atoms with Gasteiger partial charge < -0.3 is 14.8 Å². The minimum Gasteiger partial charge on any atom is -0.367 e. The highest BCUT2D eigenvalue weighted by Crippen LogP contribution is 2.15. The van der Waals surface area contributed by atoms with E-state index in [1.807, 2.05) is 6.07 Å². The normalized spacial score (nSPS) is 12.2. The molecule has 0 spiro atoms. The summed E-state index contributed by atoms with van der Waals surface area (Å²) in [5.41, 5.74) is 0.296. The first-order valence-electron chi connectivity index (χ1n) is 5.17. The Morgan fingerprint density at radius 3 is 2.53 bits per heavy atom. The number of hydrogen-bond acceptors (Lipinski definition) is 4. The second-order valence-corrected chi connectivity index (χ2v) is 3.44. The van der Waals surface area contributed by atoms with E-state index in [1.165, 1.54) is 20.3 Å². The Bertz CT molecular complexity index is 388. The Labute approximate surface area is 100.0 Å². The minimum absolute atomic E-state index is 0.296. The molecule has 1 rings (SSSR count). The van der Waals surface area contributed by atoms with Gasteiger partial charge >= 0.3 is 0 Å². The van der Waals surface area contributed by atoms with Crippen molar-refractivity contribution in [2.75, 3.05) is 19.5 Å². The summed E-state index contributed by atoms with van der Waals surface area (Å²) in [6, 6.07) is 7.67. The van der Waals surface area contributed by atoms with Gasteiger partial charge in [-0.25, -0.2) is 4.39 Å². The standard InChI is InChI=1S/C12H15FN2O2/c1-16-12(17-2)7-9(8-14)15-11-6-4-3-5-10(11)13/h3-6,9,12,15H,7H2,1-2H3. The first-order chi connectivity index (χ1) is 8.21. The van der Waals surface area contributed by atoms with E-state index >= 15 is 0 Å². The van der Waals surface area contributed by atoms with Crippen LogP contribution in [0, 0.1) is 17.1 Å². The van der Waals surface area contributed by atoms with Crippen molar-refractivity contribution in [2.24, 2.45) is 0 Å². The number of methoxy groups -OCH3 is 2. The van der Waals surface area contributed by atoms with Crippen LogP contribution in [0.5, 0.6) is 0 Å². The zero-order chi connectivity index (χ0) is 12.7. The predicted octanol–water partition coefficient (Wildman–Crippen LogP) is 2.14. The van der Waals surface area contributed by atoms with Crippen molar-refractivity contribution in [1.82, 2.24) is 0 Å². The number of benzene rings is 1. The van der Waals surface area contributed by atoms with E-state index in [1.54, 1.807) is 18.2 Å². The Morgan fingerprint density at radius 2 is 2.00 bits per heavy atom. The van der Waals surface area contributed by atoms with Crippen molar-refractivity contribution in [3.8, 4) is 6.07 Å². The van der Waals surface area contributed by atoms with Gasteiger partial charge in [0.05, 0.1) is 11.8 Å². The Kier molecular flexibility index (Phi) is 5.40. The maximum absolute atomic E-state index is 13.4. The smallest absolute Gasteiger partial charge is 0.159 e. The molecule has 0 aliphatic heterocycles. The maximum atomic E-state index is 13.4. The van der Waals surface area contributed by atoms with Gasteiger partial charge in [-0.15, -0.1) is 0 Å². The molecule has 1 unspecified atom stereocenters. The molecule has 0 aliphatic rings. The molecule has 0 heterocycles. The highest BCUT2D eigenvalue weighted by Gasteiger charge is 2.16. The van der Waals surface area contributed by atoms with Crippen molar-refractivity contribution < 1.29 is 13.9 Å². The van der Waals surface area contributed by atoms with Gasteiger partial charge in [0, 0.05) is 20.6 Å². The zero-order valence-electron chi connectivity index (χ0n) is 9.81. The molecule has 0 amide bonds. The number of para-hydroxylation sites is 1. The first-order valence-corrected chi connectivity index (χ1v) is 5.17. The van der Waals surface area contributed by atoms with Gasteiger partial charge in [0.1, 0.15) is 11.9 Å². The third-order valence-electron chi connectivity index (χ3n) is 2.31. The molecule has 0 aromatic heterocycles.